The van der Waals surface area contributed by atoms with Crippen LogP contribution in [0.4, 0.5) is 0 Å². The van der Waals surface area contributed by atoms with E-state index >= 15 is 0 Å². The van der Waals surface area contributed by atoms with Crippen molar-refractivity contribution in [3.63, 3.8) is 0 Å². The van der Waals surface area contributed by atoms with Gasteiger partial charge in [-0.25, -0.2) is 9.97 Å². The fourth-order valence-electron chi connectivity index (χ4n) is 2.48. The van der Waals surface area contributed by atoms with Crippen LogP contribution in [0, 0.1) is 0 Å². The van der Waals surface area contributed by atoms with E-state index in [-0.39, 0.29) is 6.61 Å². The minimum absolute atomic E-state index is 0.229. The van der Waals surface area contributed by atoms with Crippen molar-refractivity contribution in [2.75, 3.05) is 6.61 Å². The number of hydrogen-bond acceptors (Lipinski definition) is 4. The maximum atomic E-state index is 9.07. The van der Waals surface area contributed by atoms with E-state index in [1.54, 1.807) is 11.3 Å². The molecule has 1 atom stereocenters. The smallest absolute Gasteiger partial charge is 0.141 e. The number of rotatable bonds is 2. The second-order valence-corrected chi connectivity index (χ2v) is 5.47. The van der Waals surface area contributed by atoms with Crippen molar-refractivity contribution in [3.8, 4) is 0 Å². The first-order valence-electron chi connectivity index (χ1n) is 5.34. The summed E-state index contributed by atoms with van der Waals surface area (Å²) >= 11 is 7.85. The molecule has 16 heavy (non-hydrogen) atoms. The Hall–Kier alpha value is -0.710. The van der Waals surface area contributed by atoms with Gasteiger partial charge >= 0.3 is 0 Å². The highest BCUT2D eigenvalue weighted by Gasteiger charge is 2.28. The predicted octanol–water partition coefficient (Wildman–Crippen LogP) is 2.76. The molecule has 0 fully saturated rings. The van der Waals surface area contributed by atoms with Gasteiger partial charge in [-0.3, -0.25) is 0 Å². The molecule has 2 heterocycles. The van der Waals surface area contributed by atoms with Gasteiger partial charge in [0.1, 0.15) is 16.3 Å². The first kappa shape index (κ1) is 10.4. The Morgan fingerprint density at radius 2 is 2.38 bits per heavy atom. The summed E-state index contributed by atoms with van der Waals surface area (Å²) in [7, 11) is 0. The molecule has 0 saturated heterocycles. The highest BCUT2D eigenvalue weighted by molar-refractivity contribution is 7.19. The van der Waals surface area contributed by atoms with E-state index in [2.05, 4.69) is 9.97 Å². The molecule has 0 bridgehead atoms. The number of aliphatic hydroxyl groups is 1. The molecular formula is C11H11ClN2OS. The van der Waals surface area contributed by atoms with Crippen LogP contribution in [0.1, 0.15) is 29.2 Å². The van der Waals surface area contributed by atoms with Crippen molar-refractivity contribution < 1.29 is 5.11 Å². The van der Waals surface area contributed by atoms with Crippen molar-refractivity contribution in [1.29, 1.82) is 0 Å². The summed E-state index contributed by atoms with van der Waals surface area (Å²) in [4.78, 5) is 10.7. The molecule has 0 radical (unpaired) electrons. The van der Waals surface area contributed by atoms with Crippen molar-refractivity contribution in [3.05, 3.63) is 21.9 Å². The molecule has 0 saturated carbocycles. The summed E-state index contributed by atoms with van der Waals surface area (Å²) in [6.07, 6.45) is 4.52. The van der Waals surface area contributed by atoms with Gasteiger partial charge in [0.25, 0.3) is 0 Å². The molecule has 2 aromatic heterocycles. The lowest BCUT2D eigenvalue weighted by Crippen LogP contribution is -1.97. The standard InChI is InChI=1S/C11H11ClN2OS/c12-10-9-8-6(3-4-15)1-2-7(8)16-11(9)14-5-13-10/h5-6,15H,1-4H2/t6-/m0/s1. The largest absolute Gasteiger partial charge is 0.396 e. The Morgan fingerprint density at radius 1 is 1.50 bits per heavy atom. The minimum Gasteiger partial charge on any atom is -0.396 e. The molecule has 0 unspecified atom stereocenters. The van der Waals surface area contributed by atoms with E-state index in [0.717, 1.165) is 29.5 Å². The van der Waals surface area contributed by atoms with Crippen LogP contribution in [0.2, 0.25) is 5.15 Å². The molecule has 3 nitrogen and oxygen atoms in total. The van der Waals surface area contributed by atoms with Crippen molar-refractivity contribution in [1.82, 2.24) is 9.97 Å². The molecule has 0 aliphatic heterocycles. The van der Waals surface area contributed by atoms with Gasteiger partial charge in [-0.2, -0.15) is 0 Å². The zero-order valence-electron chi connectivity index (χ0n) is 8.61. The fourth-order valence-corrected chi connectivity index (χ4v) is 4.01. The van der Waals surface area contributed by atoms with E-state index in [1.807, 2.05) is 0 Å². The molecule has 5 heteroatoms. The molecule has 0 spiro atoms. The summed E-state index contributed by atoms with van der Waals surface area (Å²) in [5.41, 5.74) is 1.29. The average molecular weight is 255 g/mol. The SMILES string of the molecule is OCC[C@@H]1CCc2sc3ncnc(Cl)c3c21. The van der Waals surface area contributed by atoms with Gasteiger partial charge in [0.05, 0.1) is 5.39 Å². The van der Waals surface area contributed by atoms with Crippen LogP contribution in [0.15, 0.2) is 6.33 Å². The van der Waals surface area contributed by atoms with Crippen LogP contribution in [-0.2, 0) is 6.42 Å². The third kappa shape index (κ3) is 1.44. The van der Waals surface area contributed by atoms with Crippen molar-refractivity contribution in [2.45, 2.75) is 25.2 Å². The van der Waals surface area contributed by atoms with E-state index in [9.17, 15) is 0 Å². The molecule has 0 aromatic carbocycles. The number of aromatic nitrogens is 2. The summed E-state index contributed by atoms with van der Waals surface area (Å²) < 4.78 is 0. The Kier molecular flexibility index (Phi) is 2.58. The van der Waals surface area contributed by atoms with Gasteiger partial charge in [0.15, 0.2) is 0 Å². The quantitative estimate of drug-likeness (QED) is 0.839. The summed E-state index contributed by atoms with van der Waals surface area (Å²) in [6, 6.07) is 0. The van der Waals surface area contributed by atoms with Crippen LogP contribution in [0.25, 0.3) is 10.2 Å². The molecule has 0 amide bonds. The lowest BCUT2D eigenvalue weighted by atomic mass is 9.98. The third-order valence-corrected chi connectivity index (χ3v) is 4.62. The zero-order valence-corrected chi connectivity index (χ0v) is 10.2. The van der Waals surface area contributed by atoms with E-state index in [1.165, 1.54) is 16.8 Å². The first-order valence-corrected chi connectivity index (χ1v) is 6.53. The normalized spacial score (nSPS) is 19.2. The van der Waals surface area contributed by atoms with Crippen LogP contribution in [-0.4, -0.2) is 21.7 Å². The number of nitrogens with zero attached hydrogens (tertiary/aromatic N) is 2. The number of halogens is 1. The van der Waals surface area contributed by atoms with Gasteiger partial charge in [-0.1, -0.05) is 11.6 Å². The van der Waals surface area contributed by atoms with Gasteiger partial charge in [0.2, 0.25) is 0 Å². The maximum absolute atomic E-state index is 9.07. The third-order valence-electron chi connectivity index (χ3n) is 3.16. The minimum atomic E-state index is 0.229. The Labute approximate surface area is 102 Å². The molecule has 84 valence electrons. The molecular weight excluding hydrogens is 244 g/mol. The monoisotopic (exact) mass is 254 g/mol. The number of thiophene rings is 1. The molecule has 3 rings (SSSR count). The highest BCUT2D eigenvalue weighted by atomic mass is 35.5. The van der Waals surface area contributed by atoms with E-state index < -0.39 is 0 Å². The van der Waals surface area contributed by atoms with Gasteiger partial charge < -0.3 is 5.11 Å². The number of aryl methyl sites for hydroxylation is 1. The van der Waals surface area contributed by atoms with E-state index in [4.69, 9.17) is 16.7 Å². The molecule has 1 aliphatic carbocycles. The second kappa shape index (κ2) is 3.95. The molecule has 1 N–H and O–H groups in total. The van der Waals surface area contributed by atoms with Crippen molar-refractivity contribution in [2.24, 2.45) is 0 Å². The summed E-state index contributed by atoms with van der Waals surface area (Å²) in [5.74, 6) is 0.428. The number of aliphatic hydroxyl groups excluding tert-OH is 1. The van der Waals surface area contributed by atoms with Gasteiger partial charge in [-0.05, 0) is 30.7 Å². The zero-order chi connectivity index (χ0) is 11.1. The Balaban J connectivity index is 2.22. The van der Waals surface area contributed by atoms with Crippen LogP contribution in [0.3, 0.4) is 0 Å². The maximum Gasteiger partial charge on any atom is 0.141 e. The van der Waals surface area contributed by atoms with Crippen LogP contribution >= 0.6 is 22.9 Å². The average Bonchev–Trinajstić information content (AvgIpc) is 2.79. The number of hydrogen-bond donors (Lipinski definition) is 1. The predicted molar refractivity (Wildman–Crippen MR) is 65.2 cm³/mol. The van der Waals surface area contributed by atoms with Gasteiger partial charge in [0, 0.05) is 11.5 Å². The highest BCUT2D eigenvalue weighted by Crippen LogP contribution is 2.46. The van der Waals surface area contributed by atoms with E-state index in [0.29, 0.717) is 11.1 Å². The number of fused-ring (bicyclic) bond motifs is 3. The Morgan fingerprint density at radius 3 is 3.19 bits per heavy atom. The lowest BCUT2D eigenvalue weighted by Gasteiger charge is -2.08. The topological polar surface area (TPSA) is 46.0 Å². The van der Waals surface area contributed by atoms with Crippen molar-refractivity contribution >= 4 is 33.2 Å². The summed E-state index contributed by atoms with van der Waals surface area (Å²) in [6.45, 7) is 0.229. The Bertz CT molecular complexity index is 540. The van der Waals surface area contributed by atoms with Crippen LogP contribution < -0.4 is 0 Å². The molecule has 1 aliphatic rings. The van der Waals surface area contributed by atoms with Gasteiger partial charge in [-0.15, -0.1) is 11.3 Å². The van der Waals surface area contributed by atoms with Crippen LogP contribution in [0.5, 0.6) is 0 Å². The lowest BCUT2D eigenvalue weighted by molar-refractivity contribution is 0.275. The second-order valence-electron chi connectivity index (χ2n) is 4.03. The summed E-state index contributed by atoms with van der Waals surface area (Å²) in [5, 5.41) is 10.6. The first-order chi connectivity index (χ1) is 7.81. The molecule has 2 aromatic rings. The fraction of sp³-hybridized carbons (Fsp3) is 0.455.